The van der Waals surface area contributed by atoms with Crippen LogP contribution in [0.3, 0.4) is 0 Å². The topological polar surface area (TPSA) is 35.2 Å². The summed E-state index contributed by atoms with van der Waals surface area (Å²) in [5, 5.41) is 2.75. The SMILES string of the molecule is NC(c1sccc1Cl)C1COc2ccccc2C1. The third-order valence-corrected chi connectivity index (χ3v) is 4.82. The highest BCUT2D eigenvalue weighted by Crippen LogP contribution is 2.36. The van der Waals surface area contributed by atoms with Crippen molar-refractivity contribution < 1.29 is 4.74 Å². The van der Waals surface area contributed by atoms with Gasteiger partial charge in [0.15, 0.2) is 0 Å². The van der Waals surface area contributed by atoms with Gasteiger partial charge in [-0.1, -0.05) is 29.8 Å². The number of halogens is 1. The Hall–Kier alpha value is -1.03. The fourth-order valence-electron chi connectivity index (χ4n) is 2.34. The van der Waals surface area contributed by atoms with Crippen molar-refractivity contribution >= 4 is 22.9 Å². The number of hydrogen-bond donors (Lipinski definition) is 1. The van der Waals surface area contributed by atoms with E-state index in [0.29, 0.717) is 6.61 Å². The van der Waals surface area contributed by atoms with E-state index in [9.17, 15) is 0 Å². The minimum Gasteiger partial charge on any atom is -0.493 e. The van der Waals surface area contributed by atoms with E-state index in [1.165, 1.54) is 5.56 Å². The van der Waals surface area contributed by atoms with Crippen LogP contribution in [0.1, 0.15) is 16.5 Å². The lowest BCUT2D eigenvalue weighted by Crippen LogP contribution is -2.31. The molecule has 2 unspecified atom stereocenters. The Labute approximate surface area is 115 Å². The summed E-state index contributed by atoms with van der Waals surface area (Å²) < 4.78 is 5.78. The van der Waals surface area contributed by atoms with E-state index >= 15 is 0 Å². The van der Waals surface area contributed by atoms with Crippen molar-refractivity contribution in [3.8, 4) is 5.75 Å². The van der Waals surface area contributed by atoms with Gasteiger partial charge < -0.3 is 10.5 Å². The number of hydrogen-bond acceptors (Lipinski definition) is 3. The monoisotopic (exact) mass is 279 g/mol. The number of fused-ring (bicyclic) bond motifs is 1. The third kappa shape index (κ3) is 2.14. The molecule has 4 heteroatoms. The van der Waals surface area contributed by atoms with Crippen LogP contribution in [0.15, 0.2) is 35.7 Å². The Balaban J connectivity index is 1.82. The van der Waals surface area contributed by atoms with E-state index in [-0.39, 0.29) is 12.0 Å². The molecule has 1 aliphatic heterocycles. The van der Waals surface area contributed by atoms with Gasteiger partial charge in [-0.25, -0.2) is 0 Å². The largest absolute Gasteiger partial charge is 0.493 e. The average Bonchev–Trinajstić information content (AvgIpc) is 2.83. The lowest BCUT2D eigenvalue weighted by Gasteiger charge is -2.29. The first-order valence-corrected chi connectivity index (χ1v) is 7.20. The van der Waals surface area contributed by atoms with Crippen molar-refractivity contribution in [2.75, 3.05) is 6.61 Å². The van der Waals surface area contributed by atoms with Crippen LogP contribution >= 0.6 is 22.9 Å². The molecule has 2 nitrogen and oxygen atoms in total. The lowest BCUT2D eigenvalue weighted by molar-refractivity contribution is 0.201. The maximum atomic E-state index is 6.32. The second-order valence-electron chi connectivity index (χ2n) is 4.54. The number of ether oxygens (including phenoxy) is 1. The molecular weight excluding hydrogens is 266 g/mol. The predicted molar refractivity (Wildman–Crippen MR) is 75.4 cm³/mol. The highest BCUT2D eigenvalue weighted by atomic mass is 35.5. The Morgan fingerprint density at radius 1 is 1.33 bits per heavy atom. The first kappa shape index (κ1) is 12.0. The molecule has 0 aliphatic carbocycles. The number of rotatable bonds is 2. The van der Waals surface area contributed by atoms with Crippen LogP contribution < -0.4 is 10.5 Å². The Morgan fingerprint density at radius 2 is 2.17 bits per heavy atom. The summed E-state index contributed by atoms with van der Waals surface area (Å²) in [5.74, 6) is 1.27. The zero-order valence-corrected chi connectivity index (χ0v) is 11.4. The van der Waals surface area contributed by atoms with Gasteiger partial charge in [0.25, 0.3) is 0 Å². The van der Waals surface area contributed by atoms with Crippen LogP contribution in [0, 0.1) is 5.92 Å². The van der Waals surface area contributed by atoms with Gasteiger partial charge in [-0.2, -0.15) is 0 Å². The quantitative estimate of drug-likeness (QED) is 0.911. The Kier molecular flexibility index (Phi) is 3.29. The number of benzene rings is 1. The van der Waals surface area contributed by atoms with Gasteiger partial charge in [-0.05, 0) is 29.5 Å². The molecule has 0 spiro atoms. The molecule has 0 bridgehead atoms. The maximum absolute atomic E-state index is 6.32. The van der Waals surface area contributed by atoms with Gasteiger partial charge in [0, 0.05) is 16.8 Å². The first-order valence-electron chi connectivity index (χ1n) is 5.95. The summed E-state index contributed by atoms with van der Waals surface area (Å²) >= 11 is 7.76. The van der Waals surface area contributed by atoms with Crippen LogP contribution in [-0.4, -0.2) is 6.61 Å². The molecule has 2 aromatic rings. The van der Waals surface area contributed by atoms with E-state index < -0.39 is 0 Å². The number of para-hydroxylation sites is 1. The summed E-state index contributed by atoms with van der Waals surface area (Å²) in [6.45, 7) is 0.659. The highest BCUT2D eigenvalue weighted by Gasteiger charge is 2.27. The van der Waals surface area contributed by atoms with Crippen LogP contribution in [-0.2, 0) is 6.42 Å². The zero-order valence-electron chi connectivity index (χ0n) is 9.80. The molecule has 1 aromatic heterocycles. The first-order chi connectivity index (χ1) is 8.75. The van der Waals surface area contributed by atoms with Crippen molar-refractivity contribution in [2.45, 2.75) is 12.5 Å². The molecule has 0 amide bonds. The standard InChI is InChI=1S/C14H14ClNOS/c15-11-5-6-18-14(11)13(16)10-7-9-3-1-2-4-12(9)17-8-10/h1-6,10,13H,7-8,16H2. The summed E-state index contributed by atoms with van der Waals surface area (Å²) in [4.78, 5) is 1.06. The minimum absolute atomic E-state index is 0.0501. The number of nitrogens with two attached hydrogens (primary N) is 1. The molecule has 18 heavy (non-hydrogen) atoms. The highest BCUT2D eigenvalue weighted by molar-refractivity contribution is 7.10. The van der Waals surface area contributed by atoms with Crippen molar-refractivity contribution in [3.05, 3.63) is 51.2 Å². The molecule has 3 rings (SSSR count). The molecule has 0 saturated heterocycles. The Bertz CT molecular complexity index is 554. The molecular formula is C14H14ClNOS. The molecule has 2 heterocycles. The van der Waals surface area contributed by atoms with E-state index in [4.69, 9.17) is 22.1 Å². The van der Waals surface area contributed by atoms with Crippen LogP contribution in [0.4, 0.5) is 0 Å². The van der Waals surface area contributed by atoms with Crippen LogP contribution in [0.25, 0.3) is 0 Å². The smallest absolute Gasteiger partial charge is 0.122 e. The minimum atomic E-state index is -0.0501. The van der Waals surface area contributed by atoms with Gasteiger partial charge in [-0.3, -0.25) is 0 Å². The molecule has 2 atom stereocenters. The fraction of sp³-hybridized carbons (Fsp3) is 0.286. The van der Waals surface area contributed by atoms with Gasteiger partial charge in [-0.15, -0.1) is 11.3 Å². The van der Waals surface area contributed by atoms with E-state index in [2.05, 4.69) is 6.07 Å². The second kappa shape index (κ2) is 4.92. The van der Waals surface area contributed by atoms with Crippen molar-refractivity contribution in [1.82, 2.24) is 0 Å². The van der Waals surface area contributed by atoms with Crippen molar-refractivity contribution in [3.63, 3.8) is 0 Å². The summed E-state index contributed by atoms with van der Waals surface area (Å²) in [6.07, 6.45) is 0.950. The second-order valence-corrected chi connectivity index (χ2v) is 5.90. The van der Waals surface area contributed by atoms with Gasteiger partial charge in [0.1, 0.15) is 5.75 Å². The van der Waals surface area contributed by atoms with Gasteiger partial charge >= 0.3 is 0 Å². The summed E-state index contributed by atoms with van der Waals surface area (Å²) in [5.41, 5.74) is 7.55. The fourth-order valence-corrected chi connectivity index (χ4v) is 3.62. The number of thiophene rings is 1. The lowest BCUT2D eigenvalue weighted by atomic mass is 9.90. The van der Waals surface area contributed by atoms with E-state index in [1.54, 1.807) is 11.3 Å². The van der Waals surface area contributed by atoms with E-state index in [1.807, 2.05) is 29.6 Å². The predicted octanol–water partition coefficient (Wildman–Crippen LogP) is 3.65. The Morgan fingerprint density at radius 3 is 2.94 bits per heavy atom. The van der Waals surface area contributed by atoms with Crippen molar-refractivity contribution in [2.24, 2.45) is 11.7 Å². The molecule has 0 radical (unpaired) electrons. The van der Waals surface area contributed by atoms with Crippen molar-refractivity contribution in [1.29, 1.82) is 0 Å². The summed E-state index contributed by atoms with van der Waals surface area (Å²) in [7, 11) is 0. The molecule has 0 saturated carbocycles. The normalized spacial score (nSPS) is 20.0. The molecule has 2 N–H and O–H groups in total. The molecule has 1 aromatic carbocycles. The maximum Gasteiger partial charge on any atom is 0.122 e. The molecule has 94 valence electrons. The van der Waals surface area contributed by atoms with Crippen LogP contribution in [0.2, 0.25) is 5.02 Å². The molecule has 1 aliphatic rings. The third-order valence-electron chi connectivity index (χ3n) is 3.36. The summed E-state index contributed by atoms with van der Waals surface area (Å²) in [6, 6.07) is 9.99. The van der Waals surface area contributed by atoms with Gasteiger partial charge in [0.05, 0.1) is 11.6 Å². The van der Waals surface area contributed by atoms with Gasteiger partial charge in [0.2, 0.25) is 0 Å². The zero-order chi connectivity index (χ0) is 12.5. The molecule has 0 fully saturated rings. The van der Waals surface area contributed by atoms with Crippen LogP contribution in [0.5, 0.6) is 5.75 Å². The average molecular weight is 280 g/mol. The van der Waals surface area contributed by atoms with E-state index in [0.717, 1.165) is 22.1 Å².